The maximum absolute atomic E-state index is 6.06. The molecule has 0 aliphatic heterocycles. The Bertz CT molecular complexity index is 945. The Labute approximate surface area is 145 Å². The molecular weight excluding hydrogens is 318 g/mol. The van der Waals surface area contributed by atoms with Gasteiger partial charge in [-0.1, -0.05) is 48.0 Å². The van der Waals surface area contributed by atoms with Gasteiger partial charge in [-0.05, 0) is 35.9 Å². The van der Waals surface area contributed by atoms with Gasteiger partial charge in [-0.15, -0.1) is 0 Å². The van der Waals surface area contributed by atoms with Gasteiger partial charge in [-0.2, -0.15) is 0 Å². The number of H-pyrrole nitrogens is 1. The molecule has 4 heteroatoms. The molecule has 0 bridgehead atoms. The zero-order valence-electron chi connectivity index (χ0n) is 12.9. The zero-order valence-corrected chi connectivity index (χ0v) is 13.7. The van der Waals surface area contributed by atoms with Crippen LogP contribution in [0.5, 0.6) is 0 Å². The number of fused-ring (bicyclic) bond motifs is 1. The molecule has 4 rings (SSSR count). The van der Waals surface area contributed by atoms with Gasteiger partial charge in [0.2, 0.25) is 0 Å². The summed E-state index contributed by atoms with van der Waals surface area (Å²) in [5, 5.41) is 5.46. The Morgan fingerprint density at radius 3 is 2.50 bits per heavy atom. The third kappa shape index (κ3) is 2.86. The van der Waals surface area contributed by atoms with Crippen LogP contribution in [0.3, 0.4) is 0 Å². The molecule has 0 spiro atoms. The molecule has 0 amide bonds. The number of hydrogen-bond acceptors (Lipinski definition) is 2. The number of aromatic nitrogens is 2. The third-order valence-electron chi connectivity index (χ3n) is 4.09. The molecule has 118 valence electrons. The van der Waals surface area contributed by atoms with Crippen LogP contribution in [-0.4, -0.2) is 9.97 Å². The van der Waals surface area contributed by atoms with E-state index in [1.807, 2.05) is 48.5 Å². The second kappa shape index (κ2) is 6.38. The molecule has 0 saturated heterocycles. The van der Waals surface area contributed by atoms with Crippen LogP contribution in [0.15, 0.2) is 79.1 Å². The fourth-order valence-electron chi connectivity index (χ4n) is 2.92. The maximum Gasteiger partial charge on any atom is 0.126 e. The van der Waals surface area contributed by atoms with E-state index in [0.29, 0.717) is 0 Å². The number of nitrogens with zero attached hydrogens (tertiary/aromatic N) is 1. The molecule has 1 atom stereocenters. The van der Waals surface area contributed by atoms with Gasteiger partial charge < -0.3 is 10.3 Å². The Morgan fingerprint density at radius 2 is 1.71 bits per heavy atom. The quantitative estimate of drug-likeness (QED) is 0.523. The van der Waals surface area contributed by atoms with E-state index in [1.54, 1.807) is 6.20 Å². The molecule has 2 aromatic carbocycles. The van der Waals surface area contributed by atoms with Gasteiger partial charge in [0.05, 0.1) is 6.04 Å². The van der Waals surface area contributed by atoms with Crippen molar-refractivity contribution in [3.63, 3.8) is 0 Å². The first-order chi connectivity index (χ1) is 11.8. The van der Waals surface area contributed by atoms with Gasteiger partial charge >= 0.3 is 0 Å². The second-order valence-electron chi connectivity index (χ2n) is 5.63. The molecule has 2 heterocycles. The number of pyridine rings is 1. The van der Waals surface area contributed by atoms with Crippen LogP contribution in [0.2, 0.25) is 5.02 Å². The minimum absolute atomic E-state index is 0.0201. The minimum atomic E-state index is -0.0201. The van der Waals surface area contributed by atoms with E-state index in [4.69, 9.17) is 11.6 Å². The first kappa shape index (κ1) is 14.8. The van der Waals surface area contributed by atoms with Crippen molar-refractivity contribution in [1.29, 1.82) is 0 Å². The van der Waals surface area contributed by atoms with Crippen molar-refractivity contribution in [2.24, 2.45) is 0 Å². The zero-order chi connectivity index (χ0) is 16.4. The van der Waals surface area contributed by atoms with Crippen LogP contribution in [-0.2, 0) is 0 Å². The average molecular weight is 334 g/mol. The van der Waals surface area contributed by atoms with Gasteiger partial charge in [-0.3, -0.25) is 0 Å². The van der Waals surface area contributed by atoms with Crippen molar-refractivity contribution in [1.82, 2.24) is 9.97 Å². The molecule has 24 heavy (non-hydrogen) atoms. The number of hydrogen-bond donors (Lipinski definition) is 2. The molecule has 3 nitrogen and oxygen atoms in total. The Kier molecular flexibility index (Phi) is 3.93. The molecular formula is C20H16ClN3. The lowest BCUT2D eigenvalue weighted by Gasteiger charge is -2.20. The second-order valence-corrected chi connectivity index (χ2v) is 6.07. The van der Waals surface area contributed by atoms with Gasteiger partial charge in [0.25, 0.3) is 0 Å². The molecule has 4 aromatic rings. The van der Waals surface area contributed by atoms with Crippen molar-refractivity contribution in [3.8, 4) is 0 Å². The number of benzene rings is 2. The van der Waals surface area contributed by atoms with Gasteiger partial charge in [0.15, 0.2) is 0 Å². The normalized spacial score (nSPS) is 12.2. The Morgan fingerprint density at radius 1 is 0.917 bits per heavy atom. The largest absolute Gasteiger partial charge is 0.361 e. The van der Waals surface area contributed by atoms with Crippen molar-refractivity contribution < 1.29 is 0 Å². The third-order valence-corrected chi connectivity index (χ3v) is 4.34. The first-order valence-electron chi connectivity index (χ1n) is 7.80. The van der Waals surface area contributed by atoms with E-state index in [2.05, 4.69) is 39.7 Å². The molecule has 0 aliphatic carbocycles. The SMILES string of the molecule is Clc1ccc(C(Nc2ccccn2)c2c[nH]c3ccccc23)cc1. The number of nitrogens with one attached hydrogen (secondary N) is 2. The number of halogens is 1. The van der Waals surface area contributed by atoms with Crippen molar-refractivity contribution >= 4 is 28.3 Å². The van der Waals surface area contributed by atoms with E-state index >= 15 is 0 Å². The van der Waals surface area contributed by atoms with Gasteiger partial charge in [0, 0.05) is 33.9 Å². The van der Waals surface area contributed by atoms with E-state index in [-0.39, 0.29) is 6.04 Å². The summed E-state index contributed by atoms with van der Waals surface area (Å²) in [6.07, 6.45) is 3.84. The van der Waals surface area contributed by atoms with Crippen LogP contribution in [0.1, 0.15) is 17.2 Å². The molecule has 0 fully saturated rings. The van der Waals surface area contributed by atoms with Crippen LogP contribution in [0.25, 0.3) is 10.9 Å². The lowest BCUT2D eigenvalue weighted by Crippen LogP contribution is -2.12. The Hall–Kier alpha value is -2.78. The van der Waals surface area contributed by atoms with Crippen molar-refractivity contribution in [2.45, 2.75) is 6.04 Å². The average Bonchev–Trinajstić information content (AvgIpc) is 3.05. The summed E-state index contributed by atoms with van der Waals surface area (Å²) < 4.78 is 0. The van der Waals surface area contributed by atoms with E-state index < -0.39 is 0 Å². The maximum atomic E-state index is 6.06. The number of anilines is 1. The lowest BCUT2D eigenvalue weighted by molar-refractivity contribution is 0.935. The molecule has 0 radical (unpaired) electrons. The van der Waals surface area contributed by atoms with Crippen LogP contribution >= 0.6 is 11.6 Å². The highest BCUT2D eigenvalue weighted by molar-refractivity contribution is 6.30. The van der Waals surface area contributed by atoms with Crippen molar-refractivity contribution in [3.05, 3.63) is 95.3 Å². The van der Waals surface area contributed by atoms with Crippen LogP contribution in [0.4, 0.5) is 5.82 Å². The smallest absolute Gasteiger partial charge is 0.126 e. The summed E-state index contributed by atoms with van der Waals surface area (Å²) in [5.41, 5.74) is 3.43. The predicted octanol–water partition coefficient (Wildman–Crippen LogP) is 5.42. The monoisotopic (exact) mass is 333 g/mol. The molecule has 0 aliphatic rings. The number of rotatable bonds is 4. The highest BCUT2D eigenvalue weighted by Crippen LogP contribution is 2.32. The minimum Gasteiger partial charge on any atom is -0.361 e. The van der Waals surface area contributed by atoms with Crippen LogP contribution < -0.4 is 5.32 Å². The topological polar surface area (TPSA) is 40.7 Å². The highest BCUT2D eigenvalue weighted by Gasteiger charge is 2.18. The van der Waals surface area contributed by atoms with Crippen molar-refractivity contribution in [2.75, 3.05) is 5.32 Å². The lowest BCUT2D eigenvalue weighted by atomic mass is 9.98. The summed E-state index contributed by atoms with van der Waals surface area (Å²) in [6, 6.07) is 22.1. The molecule has 2 aromatic heterocycles. The highest BCUT2D eigenvalue weighted by atomic mass is 35.5. The summed E-state index contributed by atoms with van der Waals surface area (Å²) in [5.74, 6) is 0.836. The van der Waals surface area contributed by atoms with Gasteiger partial charge in [0.1, 0.15) is 5.82 Å². The molecule has 0 saturated carbocycles. The van der Waals surface area contributed by atoms with Crippen LogP contribution in [0, 0.1) is 0 Å². The van der Waals surface area contributed by atoms with E-state index in [0.717, 1.165) is 21.9 Å². The molecule has 2 N–H and O–H groups in total. The number of aromatic amines is 1. The van der Waals surface area contributed by atoms with Gasteiger partial charge in [-0.25, -0.2) is 4.98 Å². The summed E-state index contributed by atoms with van der Waals surface area (Å²) >= 11 is 6.06. The van der Waals surface area contributed by atoms with E-state index in [9.17, 15) is 0 Å². The fraction of sp³-hybridized carbons (Fsp3) is 0.0500. The standard InChI is InChI=1S/C20H16ClN3/c21-15-10-8-14(9-11-15)20(24-19-7-3-4-12-22-19)17-13-23-18-6-2-1-5-16(17)18/h1-13,20,23H,(H,22,24). The molecule has 1 unspecified atom stereocenters. The van der Waals surface area contributed by atoms with E-state index in [1.165, 1.54) is 10.9 Å². The Balaban J connectivity index is 1.82. The fourth-order valence-corrected chi connectivity index (χ4v) is 3.05. The first-order valence-corrected chi connectivity index (χ1v) is 8.18. The summed E-state index contributed by atoms with van der Waals surface area (Å²) in [4.78, 5) is 7.75. The number of para-hydroxylation sites is 1. The predicted molar refractivity (Wildman–Crippen MR) is 99.5 cm³/mol. The summed E-state index contributed by atoms with van der Waals surface area (Å²) in [7, 11) is 0. The summed E-state index contributed by atoms with van der Waals surface area (Å²) in [6.45, 7) is 0.